The summed E-state index contributed by atoms with van der Waals surface area (Å²) in [7, 11) is 0. The van der Waals surface area contributed by atoms with Crippen molar-refractivity contribution in [1.29, 1.82) is 0 Å². The Morgan fingerprint density at radius 2 is 1.83 bits per heavy atom. The standard InChI is InChI=1S/C17H19ClN4O/c18-15-12-19-13-16(20-15)21-8-10-22(11-9-21)17(23)7-6-14-4-2-1-3-5-14/h1-5,12-13H,6-11H2. The highest BCUT2D eigenvalue weighted by atomic mass is 35.5. The molecule has 0 unspecified atom stereocenters. The van der Waals surface area contributed by atoms with E-state index in [-0.39, 0.29) is 5.91 Å². The van der Waals surface area contributed by atoms with Crippen LogP contribution >= 0.6 is 11.6 Å². The summed E-state index contributed by atoms with van der Waals surface area (Å²) in [6.07, 6.45) is 4.58. The SMILES string of the molecule is O=C(CCc1ccccc1)N1CCN(c2cncc(Cl)n2)CC1. The molecule has 1 fully saturated rings. The van der Waals surface area contributed by atoms with Crippen LogP contribution in [0.4, 0.5) is 5.82 Å². The fraction of sp³-hybridized carbons (Fsp3) is 0.353. The molecule has 1 saturated heterocycles. The van der Waals surface area contributed by atoms with Crippen LogP contribution in [-0.4, -0.2) is 47.0 Å². The van der Waals surface area contributed by atoms with Crippen LogP contribution in [0.2, 0.25) is 5.15 Å². The molecule has 5 nitrogen and oxygen atoms in total. The molecule has 120 valence electrons. The van der Waals surface area contributed by atoms with Crippen molar-refractivity contribution in [3.63, 3.8) is 0 Å². The van der Waals surface area contributed by atoms with Crippen molar-refractivity contribution in [3.8, 4) is 0 Å². The van der Waals surface area contributed by atoms with Gasteiger partial charge in [-0.15, -0.1) is 0 Å². The zero-order valence-electron chi connectivity index (χ0n) is 12.9. The number of hydrogen-bond acceptors (Lipinski definition) is 4. The highest BCUT2D eigenvalue weighted by molar-refractivity contribution is 6.29. The van der Waals surface area contributed by atoms with Gasteiger partial charge in [0.1, 0.15) is 11.0 Å². The molecule has 1 aromatic heterocycles. The van der Waals surface area contributed by atoms with Gasteiger partial charge in [-0.2, -0.15) is 0 Å². The number of anilines is 1. The first kappa shape index (κ1) is 15.7. The van der Waals surface area contributed by atoms with E-state index >= 15 is 0 Å². The van der Waals surface area contributed by atoms with Gasteiger partial charge in [0.2, 0.25) is 5.91 Å². The van der Waals surface area contributed by atoms with E-state index < -0.39 is 0 Å². The van der Waals surface area contributed by atoms with Crippen molar-refractivity contribution >= 4 is 23.3 Å². The average Bonchev–Trinajstić information content (AvgIpc) is 2.61. The van der Waals surface area contributed by atoms with Gasteiger partial charge in [0, 0.05) is 32.6 Å². The number of nitrogens with zero attached hydrogens (tertiary/aromatic N) is 4. The lowest BCUT2D eigenvalue weighted by molar-refractivity contribution is -0.131. The number of carbonyl (C=O) groups excluding carboxylic acids is 1. The molecule has 0 atom stereocenters. The zero-order valence-corrected chi connectivity index (χ0v) is 13.6. The number of carbonyl (C=O) groups is 1. The third-order valence-electron chi connectivity index (χ3n) is 4.02. The summed E-state index contributed by atoms with van der Waals surface area (Å²) >= 11 is 5.88. The normalized spacial score (nSPS) is 14.8. The monoisotopic (exact) mass is 330 g/mol. The van der Waals surface area contributed by atoms with Crippen LogP contribution in [0, 0.1) is 0 Å². The van der Waals surface area contributed by atoms with Crippen molar-refractivity contribution in [1.82, 2.24) is 14.9 Å². The van der Waals surface area contributed by atoms with Crippen LogP contribution in [0.1, 0.15) is 12.0 Å². The number of piperazine rings is 1. The molecule has 3 rings (SSSR count). The molecular weight excluding hydrogens is 312 g/mol. The Morgan fingerprint density at radius 1 is 1.09 bits per heavy atom. The van der Waals surface area contributed by atoms with Crippen LogP contribution < -0.4 is 4.90 Å². The summed E-state index contributed by atoms with van der Waals surface area (Å²) in [4.78, 5) is 24.7. The lowest BCUT2D eigenvalue weighted by atomic mass is 10.1. The van der Waals surface area contributed by atoms with E-state index in [1.54, 1.807) is 6.20 Å². The van der Waals surface area contributed by atoms with Crippen LogP contribution in [0.15, 0.2) is 42.7 Å². The molecular formula is C17H19ClN4O. The van der Waals surface area contributed by atoms with Crippen molar-refractivity contribution in [2.45, 2.75) is 12.8 Å². The van der Waals surface area contributed by atoms with E-state index in [9.17, 15) is 4.79 Å². The first-order valence-corrected chi connectivity index (χ1v) is 8.14. The van der Waals surface area contributed by atoms with Crippen LogP contribution in [0.25, 0.3) is 0 Å². The maximum absolute atomic E-state index is 12.3. The van der Waals surface area contributed by atoms with Crippen molar-refractivity contribution < 1.29 is 4.79 Å². The maximum Gasteiger partial charge on any atom is 0.223 e. The smallest absolute Gasteiger partial charge is 0.223 e. The second-order valence-electron chi connectivity index (χ2n) is 5.55. The molecule has 1 aromatic carbocycles. The highest BCUT2D eigenvalue weighted by Gasteiger charge is 2.21. The number of hydrogen-bond donors (Lipinski definition) is 0. The van der Waals surface area contributed by atoms with Crippen molar-refractivity contribution in [3.05, 3.63) is 53.4 Å². The molecule has 1 aliphatic heterocycles. The summed E-state index contributed by atoms with van der Waals surface area (Å²) in [5.41, 5.74) is 1.20. The minimum Gasteiger partial charge on any atom is -0.352 e. The van der Waals surface area contributed by atoms with Gasteiger partial charge in [0.25, 0.3) is 0 Å². The number of aromatic nitrogens is 2. The molecule has 0 radical (unpaired) electrons. The summed E-state index contributed by atoms with van der Waals surface area (Å²) in [5.74, 6) is 0.986. The Kier molecular flexibility index (Phi) is 5.08. The van der Waals surface area contributed by atoms with Gasteiger partial charge in [-0.05, 0) is 12.0 Å². The molecule has 2 heterocycles. The molecule has 0 spiro atoms. The summed E-state index contributed by atoms with van der Waals surface area (Å²) in [6, 6.07) is 10.1. The van der Waals surface area contributed by atoms with Crippen molar-refractivity contribution in [2.75, 3.05) is 31.1 Å². The molecule has 1 aliphatic rings. The average molecular weight is 331 g/mol. The largest absolute Gasteiger partial charge is 0.352 e. The van der Waals surface area contributed by atoms with E-state index in [2.05, 4.69) is 27.0 Å². The number of benzene rings is 1. The minimum atomic E-state index is 0.214. The third kappa shape index (κ3) is 4.20. The molecule has 1 amide bonds. The molecule has 0 N–H and O–H groups in total. The van der Waals surface area contributed by atoms with E-state index in [0.717, 1.165) is 25.3 Å². The third-order valence-corrected chi connectivity index (χ3v) is 4.20. The lowest BCUT2D eigenvalue weighted by Crippen LogP contribution is -2.49. The van der Waals surface area contributed by atoms with Gasteiger partial charge in [-0.1, -0.05) is 41.9 Å². The fourth-order valence-electron chi connectivity index (χ4n) is 2.72. The zero-order chi connectivity index (χ0) is 16.1. The first-order valence-electron chi connectivity index (χ1n) is 7.76. The van der Waals surface area contributed by atoms with Gasteiger partial charge in [-0.3, -0.25) is 9.78 Å². The van der Waals surface area contributed by atoms with E-state index in [1.165, 1.54) is 11.8 Å². The topological polar surface area (TPSA) is 49.3 Å². The molecule has 0 saturated carbocycles. The van der Waals surface area contributed by atoms with Crippen LogP contribution in [0.3, 0.4) is 0 Å². The second-order valence-corrected chi connectivity index (χ2v) is 5.94. The van der Waals surface area contributed by atoms with Gasteiger partial charge < -0.3 is 9.80 Å². The van der Waals surface area contributed by atoms with Crippen LogP contribution in [0.5, 0.6) is 0 Å². The Balaban J connectivity index is 1.49. The number of rotatable bonds is 4. The number of aryl methyl sites for hydroxylation is 1. The molecule has 2 aromatic rings. The number of amides is 1. The predicted octanol–water partition coefficient (Wildman–Crippen LogP) is 2.41. The van der Waals surface area contributed by atoms with Gasteiger partial charge >= 0.3 is 0 Å². The number of halogens is 1. The van der Waals surface area contributed by atoms with E-state index in [4.69, 9.17) is 11.6 Å². The lowest BCUT2D eigenvalue weighted by Gasteiger charge is -2.35. The summed E-state index contributed by atoms with van der Waals surface area (Å²) in [6.45, 7) is 2.93. The summed E-state index contributed by atoms with van der Waals surface area (Å²) < 4.78 is 0. The Hall–Kier alpha value is -2.14. The predicted molar refractivity (Wildman–Crippen MR) is 90.6 cm³/mol. The Labute approximate surface area is 140 Å². The summed E-state index contributed by atoms with van der Waals surface area (Å²) in [5, 5.41) is 0.392. The maximum atomic E-state index is 12.3. The highest BCUT2D eigenvalue weighted by Crippen LogP contribution is 2.15. The second kappa shape index (κ2) is 7.42. The molecule has 6 heteroatoms. The molecule has 23 heavy (non-hydrogen) atoms. The van der Waals surface area contributed by atoms with Gasteiger partial charge in [0.05, 0.1) is 12.4 Å². The van der Waals surface area contributed by atoms with E-state index in [0.29, 0.717) is 24.7 Å². The quantitative estimate of drug-likeness (QED) is 0.864. The van der Waals surface area contributed by atoms with Crippen molar-refractivity contribution in [2.24, 2.45) is 0 Å². The van der Waals surface area contributed by atoms with Crippen LogP contribution in [-0.2, 0) is 11.2 Å². The van der Waals surface area contributed by atoms with Gasteiger partial charge in [-0.25, -0.2) is 4.98 Å². The first-order chi connectivity index (χ1) is 11.2. The van der Waals surface area contributed by atoms with Gasteiger partial charge in [0.15, 0.2) is 0 Å². The Bertz CT molecular complexity index is 657. The fourth-order valence-corrected chi connectivity index (χ4v) is 2.87. The Morgan fingerprint density at radius 3 is 2.52 bits per heavy atom. The molecule has 0 bridgehead atoms. The molecule has 0 aliphatic carbocycles. The van der Waals surface area contributed by atoms with E-state index in [1.807, 2.05) is 23.1 Å². The minimum absolute atomic E-state index is 0.214.